The highest BCUT2D eigenvalue weighted by molar-refractivity contribution is 9.10. The molecule has 0 N–H and O–H groups in total. The van der Waals surface area contributed by atoms with Gasteiger partial charge >= 0.3 is 0 Å². The van der Waals surface area contributed by atoms with E-state index in [1.165, 1.54) is 7.11 Å². The fourth-order valence-corrected chi connectivity index (χ4v) is 4.52. The zero-order valence-corrected chi connectivity index (χ0v) is 18.0. The topological polar surface area (TPSA) is 65.1 Å². The Morgan fingerprint density at radius 2 is 1.83 bits per heavy atom. The van der Waals surface area contributed by atoms with E-state index < -0.39 is 5.60 Å². The van der Waals surface area contributed by atoms with Crippen molar-refractivity contribution in [3.05, 3.63) is 52.0 Å². The largest absolute Gasteiger partial charge is 0.493 e. The lowest BCUT2D eigenvalue weighted by molar-refractivity contribution is -0.00747. The Hall–Kier alpha value is -2.54. The van der Waals surface area contributed by atoms with Crippen LogP contribution in [0.15, 0.2) is 40.9 Å². The number of benzene rings is 2. The Labute approximate surface area is 177 Å². The van der Waals surface area contributed by atoms with E-state index in [0.717, 1.165) is 4.47 Å². The first-order valence-corrected chi connectivity index (χ1v) is 10.3. The van der Waals surface area contributed by atoms with Crippen molar-refractivity contribution in [1.82, 2.24) is 4.90 Å². The van der Waals surface area contributed by atoms with Crippen molar-refractivity contribution in [2.75, 3.05) is 27.3 Å². The van der Waals surface area contributed by atoms with Crippen LogP contribution in [0.3, 0.4) is 0 Å². The maximum Gasteiger partial charge on any atom is 0.255 e. The summed E-state index contributed by atoms with van der Waals surface area (Å²) in [4.78, 5) is 27.6. The SMILES string of the molecule is COc1ccc2c(c1OC)OC1(CCN(C(=O)c3ccccc3Br)CC1)CC2=O. The van der Waals surface area contributed by atoms with Gasteiger partial charge in [0.2, 0.25) is 5.75 Å². The van der Waals surface area contributed by atoms with Crippen molar-refractivity contribution in [2.24, 2.45) is 0 Å². The van der Waals surface area contributed by atoms with Crippen molar-refractivity contribution in [3.63, 3.8) is 0 Å². The predicted octanol–water partition coefficient (Wildman–Crippen LogP) is 4.11. The van der Waals surface area contributed by atoms with Gasteiger partial charge in [-0.2, -0.15) is 0 Å². The van der Waals surface area contributed by atoms with Crippen LogP contribution in [0.2, 0.25) is 0 Å². The molecule has 0 unspecified atom stereocenters. The van der Waals surface area contributed by atoms with Gasteiger partial charge in [-0.25, -0.2) is 0 Å². The monoisotopic (exact) mass is 459 g/mol. The molecule has 0 bridgehead atoms. The number of amides is 1. The van der Waals surface area contributed by atoms with Crippen LogP contribution in [-0.2, 0) is 0 Å². The van der Waals surface area contributed by atoms with Gasteiger partial charge in [-0.15, -0.1) is 0 Å². The smallest absolute Gasteiger partial charge is 0.255 e. The minimum absolute atomic E-state index is 0.0193. The van der Waals surface area contributed by atoms with Gasteiger partial charge in [0, 0.05) is 30.4 Å². The fraction of sp³-hybridized carbons (Fsp3) is 0.364. The van der Waals surface area contributed by atoms with E-state index in [-0.39, 0.29) is 11.7 Å². The molecular weight excluding hydrogens is 438 g/mol. The third-order valence-corrected chi connectivity index (χ3v) is 6.36. The van der Waals surface area contributed by atoms with E-state index in [2.05, 4.69) is 15.9 Å². The Morgan fingerprint density at radius 3 is 2.48 bits per heavy atom. The van der Waals surface area contributed by atoms with Crippen LogP contribution in [0.5, 0.6) is 17.2 Å². The molecule has 0 atom stereocenters. The maximum absolute atomic E-state index is 12.9. The van der Waals surface area contributed by atoms with Crippen LogP contribution in [0.25, 0.3) is 0 Å². The number of Topliss-reactive ketones (excluding diaryl/α,β-unsaturated/α-hetero) is 1. The quantitative estimate of drug-likeness (QED) is 0.690. The summed E-state index contributed by atoms with van der Waals surface area (Å²) >= 11 is 3.45. The molecule has 29 heavy (non-hydrogen) atoms. The van der Waals surface area contributed by atoms with Gasteiger partial charge in [-0.3, -0.25) is 9.59 Å². The molecule has 1 fully saturated rings. The molecule has 2 aromatic rings. The van der Waals surface area contributed by atoms with Crippen LogP contribution in [0, 0.1) is 0 Å². The van der Waals surface area contributed by atoms with Gasteiger partial charge in [0.05, 0.1) is 31.8 Å². The van der Waals surface area contributed by atoms with Gasteiger partial charge in [-0.1, -0.05) is 12.1 Å². The van der Waals surface area contributed by atoms with E-state index in [9.17, 15) is 9.59 Å². The summed E-state index contributed by atoms with van der Waals surface area (Å²) < 4.78 is 18.0. The summed E-state index contributed by atoms with van der Waals surface area (Å²) in [5, 5.41) is 0. The van der Waals surface area contributed by atoms with Crippen molar-refractivity contribution >= 4 is 27.6 Å². The zero-order valence-electron chi connectivity index (χ0n) is 16.4. The number of halogens is 1. The Kier molecular flexibility index (Phi) is 5.25. The first-order chi connectivity index (χ1) is 14.0. The Balaban J connectivity index is 1.56. The van der Waals surface area contributed by atoms with Crippen LogP contribution in [0.4, 0.5) is 0 Å². The lowest BCUT2D eigenvalue weighted by atomic mass is 9.82. The second-order valence-corrected chi connectivity index (χ2v) is 8.19. The fourth-order valence-electron chi connectivity index (χ4n) is 4.06. The molecule has 1 saturated heterocycles. The van der Waals surface area contributed by atoms with Crippen LogP contribution in [0.1, 0.15) is 40.0 Å². The van der Waals surface area contributed by atoms with Gasteiger partial charge in [-0.05, 0) is 40.2 Å². The Bertz CT molecular complexity index is 966. The molecule has 0 aromatic heterocycles. The number of methoxy groups -OCH3 is 2. The summed E-state index contributed by atoms with van der Waals surface area (Å²) in [6, 6.07) is 10.8. The van der Waals surface area contributed by atoms with Crippen LogP contribution >= 0.6 is 15.9 Å². The lowest BCUT2D eigenvalue weighted by Gasteiger charge is -2.44. The maximum atomic E-state index is 12.9. The zero-order chi connectivity index (χ0) is 20.6. The molecule has 0 radical (unpaired) electrons. The highest BCUT2D eigenvalue weighted by Crippen LogP contribution is 2.47. The number of carbonyl (C=O) groups is 2. The molecule has 7 heteroatoms. The molecule has 2 aliphatic rings. The number of ether oxygens (including phenoxy) is 3. The molecule has 4 rings (SSSR count). The molecule has 6 nitrogen and oxygen atoms in total. The average molecular weight is 460 g/mol. The van der Waals surface area contributed by atoms with Crippen molar-refractivity contribution in [3.8, 4) is 17.2 Å². The highest BCUT2D eigenvalue weighted by Gasteiger charge is 2.45. The van der Waals surface area contributed by atoms with Crippen molar-refractivity contribution in [2.45, 2.75) is 24.9 Å². The molecular formula is C22H22BrNO5. The number of nitrogens with zero attached hydrogens (tertiary/aromatic N) is 1. The summed E-state index contributed by atoms with van der Waals surface area (Å²) in [7, 11) is 3.09. The van der Waals surface area contributed by atoms with E-state index >= 15 is 0 Å². The molecule has 2 heterocycles. The third-order valence-electron chi connectivity index (χ3n) is 5.67. The minimum Gasteiger partial charge on any atom is -0.493 e. The number of likely N-dealkylation sites (tertiary alicyclic amines) is 1. The first-order valence-electron chi connectivity index (χ1n) is 9.49. The molecule has 152 valence electrons. The predicted molar refractivity (Wildman–Crippen MR) is 111 cm³/mol. The first kappa shape index (κ1) is 19.8. The summed E-state index contributed by atoms with van der Waals surface area (Å²) in [6.45, 7) is 1.05. The molecule has 0 saturated carbocycles. The third kappa shape index (κ3) is 3.48. The standard InChI is InChI=1S/C22H22BrNO5/c1-27-18-8-7-15-17(25)13-22(29-19(15)20(18)28-2)9-11-24(12-10-22)21(26)14-5-3-4-6-16(14)23/h3-8H,9-13H2,1-2H3. The van der Waals surface area contributed by atoms with Gasteiger partial charge in [0.1, 0.15) is 5.60 Å². The molecule has 1 spiro atoms. The van der Waals surface area contributed by atoms with Gasteiger partial charge in [0.25, 0.3) is 5.91 Å². The van der Waals surface area contributed by atoms with E-state index in [0.29, 0.717) is 60.7 Å². The number of hydrogen-bond donors (Lipinski definition) is 0. The molecule has 2 aliphatic heterocycles. The lowest BCUT2D eigenvalue weighted by Crippen LogP contribution is -2.52. The summed E-state index contributed by atoms with van der Waals surface area (Å²) in [5.74, 6) is 1.40. The van der Waals surface area contributed by atoms with Gasteiger partial charge < -0.3 is 19.1 Å². The second kappa shape index (κ2) is 7.71. The number of hydrogen-bond acceptors (Lipinski definition) is 5. The number of ketones is 1. The van der Waals surface area contributed by atoms with Crippen molar-refractivity contribution in [1.29, 1.82) is 0 Å². The van der Waals surface area contributed by atoms with E-state index in [4.69, 9.17) is 14.2 Å². The minimum atomic E-state index is -0.631. The number of piperidine rings is 1. The van der Waals surface area contributed by atoms with E-state index in [1.807, 2.05) is 29.2 Å². The molecule has 0 aliphatic carbocycles. The second-order valence-electron chi connectivity index (χ2n) is 7.33. The highest BCUT2D eigenvalue weighted by atomic mass is 79.9. The van der Waals surface area contributed by atoms with Crippen molar-refractivity contribution < 1.29 is 23.8 Å². The molecule has 1 amide bonds. The van der Waals surface area contributed by atoms with Gasteiger partial charge in [0.15, 0.2) is 17.3 Å². The average Bonchev–Trinajstić information content (AvgIpc) is 2.73. The number of carbonyl (C=O) groups excluding carboxylic acids is 2. The van der Waals surface area contributed by atoms with Crippen LogP contribution in [-0.4, -0.2) is 49.5 Å². The van der Waals surface area contributed by atoms with Crippen LogP contribution < -0.4 is 14.2 Å². The molecule has 2 aromatic carbocycles. The number of rotatable bonds is 3. The van der Waals surface area contributed by atoms with E-state index in [1.54, 1.807) is 19.2 Å². The number of fused-ring (bicyclic) bond motifs is 1. The normalized spacial score (nSPS) is 17.5. The summed E-state index contributed by atoms with van der Waals surface area (Å²) in [6.07, 6.45) is 1.45. The summed E-state index contributed by atoms with van der Waals surface area (Å²) in [5.41, 5.74) is 0.523. The Morgan fingerprint density at radius 1 is 1.10 bits per heavy atom.